The maximum absolute atomic E-state index is 13.6. The molecule has 2 heterocycles. The Hall–Kier alpha value is -5.24. The Labute approximate surface area is 247 Å². The Kier molecular flexibility index (Phi) is 6.88. The minimum Gasteiger partial charge on any atom is -0.336 e. The van der Waals surface area contributed by atoms with E-state index in [4.69, 9.17) is 0 Å². The second-order valence-corrected chi connectivity index (χ2v) is 10.4. The first-order valence-electron chi connectivity index (χ1n) is 13.4. The minimum atomic E-state index is -4.97. The molecule has 6 rings (SSSR count). The molecule has 44 heavy (non-hydrogen) atoms. The van der Waals surface area contributed by atoms with E-state index in [-0.39, 0.29) is 23.7 Å². The predicted molar refractivity (Wildman–Crippen MR) is 153 cm³/mol. The lowest BCUT2D eigenvalue weighted by atomic mass is 9.98. The van der Waals surface area contributed by atoms with Gasteiger partial charge in [0.25, 0.3) is 0 Å². The van der Waals surface area contributed by atoms with Gasteiger partial charge in [-0.15, -0.1) is 0 Å². The molecule has 5 nitrogen and oxygen atoms in total. The highest BCUT2D eigenvalue weighted by Crippen LogP contribution is 2.40. The number of nitrogens with zero attached hydrogens (tertiary/aromatic N) is 5. The lowest BCUT2D eigenvalue weighted by Gasteiger charge is -2.15. The van der Waals surface area contributed by atoms with Crippen molar-refractivity contribution < 1.29 is 26.3 Å². The highest BCUT2D eigenvalue weighted by atomic mass is 19.4. The summed E-state index contributed by atoms with van der Waals surface area (Å²) in [6, 6.07) is 21.2. The number of rotatable bonds is 4. The molecule has 2 aromatic heterocycles. The number of benzene rings is 4. The van der Waals surface area contributed by atoms with Gasteiger partial charge in [0.15, 0.2) is 5.82 Å². The van der Waals surface area contributed by atoms with E-state index in [9.17, 15) is 31.6 Å². The number of aryl methyl sites for hydroxylation is 2. The summed E-state index contributed by atoms with van der Waals surface area (Å²) >= 11 is 0. The molecule has 0 unspecified atom stereocenters. The number of alkyl halides is 6. The summed E-state index contributed by atoms with van der Waals surface area (Å²) in [6.07, 6.45) is -9.93. The number of hydrogen-bond donors (Lipinski definition) is 0. The van der Waals surface area contributed by atoms with E-state index < -0.39 is 23.5 Å². The molecule has 0 spiro atoms. The van der Waals surface area contributed by atoms with Crippen LogP contribution in [0.5, 0.6) is 0 Å². The average molecular weight is 602 g/mol. The van der Waals surface area contributed by atoms with Crippen molar-refractivity contribution in [2.45, 2.75) is 32.7 Å². The number of halogens is 6. The van der Waals surface area contributed by atoms with Crippen LogP contribution in [-0.4, -0.2) is 19.5 Å². The van der Waals surface area contributed by atoms with Crippen molar-refractivity contribution >= 4 is 21.8 Å². The van der Waals surface area contributed by atoms with E-state index in [0.29, 0.717) is 34.1 Å². The van der Waals surface area contributed by atoms with Gasteiger partial charge < -0.3 is 4.57 Å². The van der Waals surface area contributed by atoms with Gasteiger partial charge in [-0.3, -0.25) is 0 Å². The number of fused-ring (bicyclic) bond motifs is 3. The molecule has 11 heteroatoms. The van der Waals surface area contributed by atoms with Crippen LogP contribution in [0.1, 0.15) is 33.9 Å². The Morgan fingerprint density at radius 3 is 1.95 bits per heavy atom. The maximum atomic E-state index is 13.6. The van der Waals surface area contributed by atoms with Crippen molar-refractivity contribution in [3.8, 4) is 28.6 Å². The Morgan fingerprint density at radius 1 is 0.682 bits per heavy atom. The smallest absolute Gasteiger partial charge is 0.336 e. The quantitative estimate of drug-likeness (QED) is 0.189. The van der Waals surface area contributed by atoms with E-state index in [1.807, 2.05) is 28.8 Å². The van der Waals surface area contributed by atoms with E-state index in [1.165, 1.54) is 6.07 Å². The van der Waals surface area contributed by atoms with Crippen LogP contribution in [0.3, 0.4) is 0 Å². The zero-order valence-corrected chi connectivity index (χ0v) is 23.2. The lowest BCUT2D eigenvalue weighted by molar-refractivity contribution is -0.143. The molecule has 0 bridgehead atoms. The maximum Gasteiger partial charge on any atom is 0.416 e. The average Bonchev–Trinajstić information content (AvgIpc) is 3.28. The largest absolute Gasteiger partial charge is 0.416 e. The highest BCUT2D eigenvalue weighted by molar-refractivity contribution is 6.09. The summed E-state index contributed by atoms with van der Waals surface area (Å²) in [5, 5.41) is 11.2. The van der Waals surface area contributed by atoms with Gasteiger partial charge in [0, 0.05) is 28.4 Å². The summed E-state index contributed by atoms with van der Waals surface area (Å²) in [4.78, 5) is 13.2. The van der Waals surface area contributed by atoms with Gasteiger partial charge in [-0.2, -0.15) is 31.6 Å². The molecule has 0 atom stereocenters. The molecule has 0 N–H and O–H groups in total. The molecule has 0 radical (unpaired) electrons. The Bertz CT molecular complexity index is 2070. The van der Waals surface area contributed by atoms with Crippen LogP contribution in [-0.2, 0) is 18.9 Å². The third-order valence-corrected chi connectivity index (χ3v) is 7.36. The van der Waals surface area contributed by atoms with E-state index in [2.05, 4.69) is 21.0 Å². The van der Waals surface area contributed by atoms with Crippen molar-refractivity contribution in [2.75, 3.05) is 0 Å². The molecule has 220 valence electrons. The predicted octanol–water partition coefficient (Wildman–Crippen LogP) is 8.89. The van der Waals surface area contributed by atoms with Crippen LogP contribution < -0.4 is 0 Å². The fraction of sp³-hybridized carbons (Fsp3) is 0.152. The molecule has 0 aliphatic rings. The summed E-state index contributed by atoms with van der Waals surface area (Å²) in [5.41, 5.74) is 0.386. The van der Waals surface area contributed by atoms with Crippen molar-refractivity contribution in [3.05, 3.63) is 113 Å². The first-order chi connectivity index (χ1) is 20.8. The number of para-hydroxylation sites is 1. The topological polar surface area (TPSA) is 67.4 Å². The van der Waals surface area contributed by atoms with Gasteiger partial charge in [-0.05, 0) is 73.0 Å². The SMILES string of the molecule is Cc1nc(C)nc(-c2cc(C#N)ccc2Cn2c3ccccc3c3ccc(-c4cc(C(F)(F)F)cc(C(F)(F)F)c4)cc32)n1. The molecular formula is C33H21F6N5. The Morgan fingerprint density at radius 2 is 1.32 bits per heavy atom. The number of aromatic nitrogens is 4. The summed E-state index contributed by atoms with van der Waals surface area (Å²) in [7, 11) is 0. The third kappa shape index (κ3) is 5.35. The van der Waals surface area contributed by atoms with Gasteiger partial charge in [0.2, 0.25) is 0 Å². The van der Waals surface area contributed by atoms with Gasteiger partial charge in [-0.1, -0.05) is 36.4 Å². The van der Waals surface area contributed by atoms with Crippen LogP contribution in [0.15, 0.2) is 78.9 Å². The fourth-order valence-electron chi connectivity index (χ4n) is 5.42. The first-order valence-corrected chi connectivity index (χ1v) is 13.4. The van der Waals surface area contributed by atoms with Crippen LogP contribution in [0.4, 0.5) is 26.3 Å². The molecule has 0 saturated heterocycles. The van der Waals surface area contributed by atoms with Crippen LogP contribution in [0.25, 0.3) is 44.3 Å². The highest BCUT2D eigenvalue weighted by Gasteiger charge is 2.37. The van der Waals surface area contributed by atoms with E-state index in [0.717, 1.165) is 34.0 Å². The number of hydrogen-bond acceptors (Lipinski definition) is 4. The van der Waals surface area contributed by atoms with Crippen LogP contribution in [0.2, 0.25) is 0 Å². The fourth-order valence-corrected chi connectivity index (χ4v) is 5.42. The zero-order valence-electron chi connectivity index (χ0n) is 23.2. The molecular weight excluding hydrogens is 580 g/mol. The van der Waals surface area contributed by atoms with E-state index in [1.54, 1.807) is 44.2 Å². The third-order valence-electron chi connectivity index (χ3n) is 7.36. The molecule has 0 saturated carbocycles. The second-order valence-electron chi connectivity index (χ2n) is 10.4. The lowest BCUT2D eigenvalue weighted by Crippen LogP contribution is -2.11. The standard InChI is InChI=1S/C33H21F6N5/c1-18-41-19(2)43-31(42-18)28-11-20(16-40)7-8-22(28)17-44-29-6-4-3-5-26(29)27-10-9-21(14-30(27)44)23-12-24(32(34,35)36)15-25(13-23)33(37,38)39/h3-15H,17H2,1-2H3. The molecule has 4 aromatic carbocycles. The molecule has 0 aliphatic heterocycles. The summed E-state index contributed by atoms with van der Waals surface area (Å²) in [5.74, 6) is 1.38. The molecule has 6 aromatic rings. The summed E-state index contributed by atoms with van der Waals surface area (Å²) in [6.45, 7) is 3.71. The second kappa shape index (κ2) is 10.5. The van der Waals surface area contributed by atoms with Gasteiger partial charge in [0.1, 0.15) is 11.6 Å². The van der Waals surface area contributed by atoms with Crippen molar-refractivity contribution in [1.29, 1.82) is 5.26 Å². The van der Waals surface area contributed by atoms with Crippen molar-refractivity contribution in [2.24, 2.45) is 0 Å². The van der Waals surface area contributed by atoms with Crippen molar-refractivity contribution in [3.63, 3.8) is 0 Å². The zero-order chi connectivity index (χ0) is 31.4. The monoisotopic (exact) mass is 601 g/mol. The summed E-state index contributed by atoms with van der Waals surface area (Å²) < 4.78 is 83.7. The molecule has 0 amide bonds. The first kappa shape index (κ1) is 28.9. The van der Waals surface area contributed by atoms with Gasteiger partial charge >= 0.3 is 12.4 Å². The van der Waals surface area contributed by atoms with Crippen LogP contribution in [0, 0.1) is 25.2 Å². The minimum absolute atomic E-state index is 0.121. The molecule has 0 fully saturated rings. The van der Waals surface area contributed by atoms with Crippen LogP contribution >= 0.6 is 0 Å². The van der Waals surface area contributed by atoms with E-state index >= 15 is 0 Å². The normalized spacial score (nSPS) is 12.2. The Balaban J connectivity index is 1.57. The van der Waals surface area contributed by atoms with Gasteiger partial charge in [0.05, 0.1) is 28.3 Å². The number of nitriles is 1. The van der Waals surface area contributed by atoms with Crippen molar-refractivity contribution in [1.82, 2.24) is 19.5 Å². The molecule has 0 aliphatic carbocycles. The van der Waals surface area contributed by atoms with Gasteiger partial charge in [-0.25, -0.2) is 15.0 Å².